The van der Waals surface area contributed by atoms with Crippen molar-refractivity contribution in [2.75, 3.05) is 14.2 Å². The fourth-order valence-electron chi connectivity index (χ4n) is 1.75. The Morgan fingerprint density at radius 2 is 0.800 bits per heavy atom. The van der Waals surface area contributed by atoms with Gasteiger partial charge in [-0.2, -0.15) is 0 Å². The zero-order valence-corrected chi connectivity index (χ0v) is 21.2. The Morgan fingerprint density at radius 1 is 0.543 bits per heavy atom. The SMILES string of the molecule is CO.CO.O=[N+]([O-])[O-].O=[N+]([O-])[O-].O=[N+]([O-])[O-].[Ce+3].c1ccc(-c2cccc(-c3ccccn3)n2)nc1. The predicted octanol–water partition coefficient (Wildman–Crippen LogP) is 1.71. The van der Waals surface area contributed by atoms with Gasteiger partial charge in [-0.15, -0.1) is 0 Å². The first-order valence-corrected chi connectivity index (χ1v) is 8.27. The number of aliphatic hydroxyl groups is 2. The number of hydrogen-bond donors (Lipinski definition) is 2. The molecule has 0 spiro atoms. The Hall–Kier alpha value is -3.65. The molecule has 0 unspecified atom stereocenters. The zero-order valence-electron chi connectivity index (χ0n) is 18.1. The van der Waals surface area contributed by atoms with Crippen molar-refractivity contribution in [1.29, 1.82) is 0 Å². The van der Waals surface area contributed by atoms with E-state index in [9.17, 15) is 0 Å². The summed E-state index contributed by atoms with van der Waals surface area (Å²) in [6.07, 6.45) is 3.54. The van der Waals surface area contributed by atoms with Gasteiger partial charge in [0.1, 0.15) is 0 Å². The standard InChI is InChI=1S/C15H11N3.2CH4O.Ce.3NO3/c1-3-10-16-12(6-1)14-8-5-9-15(18-14)13-7-2-4-11-17-13;2*1-2;;3*2-1(3)4/h1-11H;2*2H,1H3;;;;/q;;;+3;3*-1. The fraction of sp³-hybridized carbons (Fsp3) is 0.118. The van der Waals surface area contributed by atoms with E-state index in [0.29, 0.717) is 0 Å². The van der Waals surface area contributed by atoms with Crippen LogP contribution in [0.3, 0.4) is 0 Å². The van der Waals surface area contributed by atoms with Crippen LogP contribution in [0.2, 0.25) is 0 Å². The minimum atomic E-state index is -1.75. The molecule has 0 bridgehead atoms. The molecule has 17 nitrogen and oxygen atoms in total. The van der Waals surface area contributed by atoms with E-state index in [1.807, 2.05) is 54.6 Å². The molecular weight excluding hydrogens is 604 g/mol. The van der Waals surface area contributed by atoms with Crippen molar-refractivity contribution >= 4 is 0 Å². The first kappa shape index (κ1) is 38.6. The van der Waals surface area contributed by atoms with Gasteiger partial charge in [0.2, 0.25) is 0 Å². The van der Waals surface area contributed by atoms with Gasteiger partial charge in [0.15, 0.2) is 0 Å². The van der Waals surface area contributed by atoms with Crippen molar-refractivity contribution in [3.63, 3.8) is 0 Å². The third-order valence-electron chi connectivity index (χ3n) is 2.60. The monoisotopic (exact) mass is 623 g/mol. The van der Waals surface area contributed by atoms with Gasteiger partial charge >= 0.3 is 41.7 Å². The Morgan fingerprint density at radius 3 is 1.03 bits per heavy atom. The molecule has 0 aliphatic heterocycles. The molecule has 1 radical (unpaired) electrons. The molecular formula is C17H19CeN6O11. The number of rotatable bonds is 2. The van der Waals surface area contributed by atoms with E-state index < -0.39 is 15.3 Å². The Labute approximate surface area is 231 Å². The maximum atomic E-state index is 8.25. The van der Waals surface area contributed by atoms with Gasteiger partial charge in [-0.05, 0) is 36.4 Å². The van der Waals surface area contributed by atoms with E-state index >= 15 is 0 Å². The van der Waals surface area contributed by atoms with Gasteiger partial charge in [-0.25, -0.2) is 4.98 Å². The van der Waals surface area contributed by atoms with Crippen LogP contribution in [0.4, 0.5) is 0 Å². The number of nitrogens with zero attached hydrogens (tertiary/aromatic N) is 6. The van der Waals surface area contributed by atoms with Crippen molar-refractivity contribution in [2.45, 2.75) is 0 Å². The Kier molecular flexibility index (Phi) is 29.3. The molecule has 0 saturated carbocycles. The van der Waals surface area contributed by atoms with Crippen LogP contribution >= 0.6 is 0 Å². The van der Waals surface area contributed by atoms with E-state index in [2.05, 4.69) is 15.0 Å². The van der Waals surface area contributed by atoms with Crippen LogP contribution in [0.15, 0.2) is 67.0 Å². The van der Waals surface area contributed by atoms with Crippen molar-refractivity contribution in [2.24, 2.45) is 0 Å². The average Bonchev–Trinajstić information content (AvgIpc) is 2.82. The van der Waals surface area contributed by atoms with Gasteiger partial charge in [-0.1, -0.05) is 18.2 Å². The number of aliphatic hydroxyl groups excluding tert-OH is 2. The van der Waals surface area contributed by atoms with Gasteiger partial charge in [0, 0.05) is 26.6 Å². The molecule has 0 amide bonds. The summed E-state index contributed by atoms with van der Waals surface area (Å²) in [5.41, 5.74) is 3.46. The summed E-state index contributed by atoms with van der Waals surface area (Å²) >= 11 is 0. The number of pyridine rings is 3. The normalized spacial score (nSPS) is 7.66. The molecule has 0 atom stereocenters. The molecule has 0 aliphatic rings. The fourth-order valence-corrected chi connectivity index (χ4v) is 1.75. The minimum Gasteiger partial charge on any atom is -0.400 e. The molecule has 0 saturated heterocycles. The summed E-state index contributed by atoms with van der Waals surface area (Å²) in [7, 11) is 2.00. The van der Waals surface area contributed by atoms with Crippen LogP contribution in [0, 0.1) is 87.7 Å². The van der Waals surface area contributed by atoms with Crippen molar-refractivity contribution in [1.82, 2.24) is 15.0 Å². The molecule has 3 rings (SSSR count). The molecule has 0 fully saturated rings. The van der Waals surface area contributed by atoms with Crippen LogP contribution in [0.5, 0.6) is 0 Å². The third kappa shape index (κ3) is 26.5. The molecule has 0 aliphatic carbocycles. The Bertz CT molecular complexity index is 845. The molecule has 3 heterocycles. The summed E-state index contributed by atoms with van der Waals surface area (Å²) in [5.74, 6) is 0. The van der Waals surface area contributed by atoms with Crippen LogP contribution in [0.1, 0.15) is 0 Å². The van der Waals surface area contributed by atoms with E-state index in [-0.39, 0.29) is 41.7 Å². The number of aromatic nitrogens is 3. The zero-order chi connectivity index (χ0) is 26.9. The Balaban J connectivity index is -0.000000237. The van der Waals surface area contributed by atoms with E-state index in [1.54, 1.807) is 12.4 Å². The maximum Gasteiger partial charge on any atom is 3.00 e. The van der Waals surface area contributed by atoms with Gasteiger partial charge < -0.3 is 56.2 Å². The summed E-state index contributed by atoms with van der Waals surface area (Å²) in [5, 5.41) is 58.2. The van der Waals surface area contributed by atoms with E-state index in [0.717, 1.165) is 37.0 Å². The molecule has 0 aromatic carbocycles. The second-order valence-electron chi connectivity index (χ2n) is 4.51. The van der Waals surface area contributed by atoms with Gasteiger partial charge in [0.05, 0.1) is 38.0 Å². The van der Waals surface area contributed by atoms with Crippen molar-refractivity contribution in [3.05, 3.63) is 113 Å². The minimum absolute atomic E-state index is 0. The maximum absolute atomic E-state index is 8.25. The van der Waals surface area contributed by atoms with Gasteiger partial charge in [0.25, 0.3) is 0 Å². The van der Waals surface area contributed by atoms with Crippen LogP contribution in [-0.2, 0) is 0 Å². The number of hydrogen-bond acceptors (Lipinski definition) is 14. The van der Waals surface area contributed by atoms with Crippen molar-refractivity contribution in [3.8, 4) is 22.8 Å². The average molecular weight is 623 g/mol. The second kappa shape index (κ2) is 26.6. The molecule has 187 valence electrons. The largest absolute Gasteiger partial charge is 3.00 e. The first-order valence-electron chi connectivity index (χ1n) is 8.27. The van der Waals surface area contributed by atoms with Crippen LogP contribution < -0.4 is 0 Å². The smallest absolute Gasteiger partial charge is 0.400 e. The molecule has 2 N–H and O–H groups in total. The van der Waals surface area contributed by atoms with Crippen molar-refractivity contribution < 1.29 is 67.2 Å². The van der Waals surface area contributed by atoms with Crippen LogP contribution in [-0.4, -0.2) is 54.6 Å². The molecule has 18 heteroatoms. The van der Waals surface area contributed by atoms with E-state index in [4.69, 9.17) is 56.2 Å². The first-order chi connectivity index (χ1) is 16.1. The summed E-state index contributed by atoms with van der Waals surface area (Å²) < 4.78 is 0. The predicted molar refractivity (Wildman–Crippen MR) is 118 cm³/mol. The summed E-state index contributed by atoms with van der Waals surface area (Å²) in [4.78, 5) is 37.9. The molecule has 3 aromatic rings. The second-order valence-corrected chi connectivity index (χ2v) is 4.51. The third-order valence-corrected chi connectivity index (χ3v) is 2.60. The van der Waals surface area contributed by atoms with Crippen LogP contribution in [0.25, 0.3) is 22.8 Å². The summed E-state index contributed by atoms with van der Waals surface area (Å²) in [6, 6.07) is 17.5. The van der Waals surface area contributed by atoms with Gasteiger partial charge in [-0.3, -0.25) is 9.97 Å². The topological polar surface area (TPSA) is 278 Å². The molecule has 3 aromatic heterocycles. The molecule has 35 heavy (non-hydrogen) atoms. The quantitative estimate of drug-likeness (QED) is 0.304. The summed E-state index contributed by atoms with van der Waals surface area (Å²) in [6.45, 7) is 0. The van der Waals surface area contributed by atoms with E-state index in [1.165, 1.54) is 0 Å².